The first-order valence-electron chi connectivity index (χ1n) is 6.71. The van der Waals surface area contributed by atoms with E-state index in [9.17, 15) is 4.39 Å². The van der Waals surface area contributed by atoms with Gasteiger partial charge >= 0.3 is 0 Å². The van der Waals surface area contributed by atoms with Crippen molar-refractivity contribution in [2.75, 3.05) is 6.54 Å². The van der Waals surface area contributed by atoms with Crippen molar-refractivity contribution < 1.29 is 9.13 Å². The molecular formula is C16H16BrClFNO. The first-order chi connectivity index (χ1) is 10.1. The van der Waals surface area contributed by atoms with Crippen LogP contribution in [0.15, 0.2) is 40.9 Å². The summed E-state index contributed by atoms with van der Waals surface area (Å²) in [5.41, 5.74) is 0.840. The third-order valence-corrected chi connectivity index (χ3v) is 3.60. The van der Waals surface area contributed by atoms with Gasteiger partial charge in [-0.25, -0.2) is 4.39 Å². The lowest BCUT2D eigenvalue weighted by atomic mass is 10.2. The zero-order valence-electron chi connectivity index (χ0n) is 11.6. The maximum absolute atomic E-state index is 13.7. The predicted molar refractivity (Wildman–Crippen MR) is 87.6 cm³/mol. The molecule has 0 aliphatic heterocycles. The highest BCUT2D eigenvalue weighted by molar-refractivity contribution is 9.10. The third kappa shape index (κ3) is 4.99. The highest BCUT2D eigenvalue weighted by atomic mass is 79.9. The SMILES string of the molecule is CCCNCc1cc(F)cc(Oc2ccc(Br)cc2Cl)c1. The zero-order chi connectivity index (χ0) is 15.2. The van der Waals surface area contributed by atoms with Crippen LogP contribution in [0.25, 0.3) is 0 Å². The Morgan fingerprint density at radius 1 is 1.24 bits per heavy atom. The van der Waals surface area contributed by atoms with Crippen LogP contribution in [0.5, 0.6) is 11.5 Å². The second-order valence-electron chi connectivity index (χ2n) is 4.65. The van der Waals surface area contributed by atoms with Crippen molar-refractivity contribution in [3.63, 3.8) is 0 Å². The Morgan fingerprint density at radius 3 is 2.76 bits per heavy atom. The number of ether oxygens (including phenoxy) is 1. The summed E-state index contributed by atoms with van der Waals surface area (Å²) in [5.74, 6) is 0.611. The molecule has 2 aromatic carbocycles. The van der Waals surface area contributed by atoms with E-state index in [2.05, 4.69) is 28.2 Å². The maximum atomic E-state index is 13.7. The molecule has 0 aromatic heterocycles. The normalized spacial score (nSPS) is 10.7. The fourth-order valence-electron chi connectivity index (χ4n) is 1.88. The van der Waals surface area contributed by atoms with Gasteiger partial charge in [0, 0.05) is 17.1 Å². The van der Waals surface area contributed by atoms with E-state index in [1.165, 1.54) is 12.1 Å². The van der Waals surface area contributed by atoms with Crippen LogP contribution in [0, 0.1) is 5.82 Å². The van der Waals surface area contributed by atoms with Crippen molar-refractivity contribution in [3.8, 4) is 11.5 Å². The highest BCUT2D eigenvalue weighted by Gasteiger charge is 2.07. The molecule has 0 aliphatic rings. The lowest BCUT2D eigenvalue weighted by Crippen LogP contribution is -2.13. The fraction of sp³-hybridized carbons (Fsp3) is 0.250. The molecule has 0 unspecified atom stereocenters. The average Bonchev–Trinajstić information content (AvgIpc) is 2.42. The molecule has 0 bridgehead atoms. The molecule has 0 spiro atoms. The zero-order valence-corrected chi connectivity index (χ0v) is 14.0. The molecule has 0 atom stereocenters. The largest absolute Gasteiger partial charge is 0.456 e. The Balaban J connectivity index is 2.15. The molecule has 2 rings (SSSR count). The summed E-state index contributed by atoms with van der Waals surface area (Å²) in [4.78, 5) is 0. The molecule has 0 amide bonds. The molecule has 112 valence electrons. The van der Waals surface area contributed by atoms with Gasteiger partial charge in [-0.2, -0.15) is 0 Å². The van der Waals surface area contributed by atoms with Crippen LogP contribution in [0.1, 0.15) is 18.9 Å². The second-order valence-corrected chi connectivity index (χ2v) is 5.97. The van der Waals surface area contributed by atoms with Crippen LogP contribution in [-0.2, 0) is 6.54 Å². The highest BCUT2D eigenvalue weighted by Crippen LogP contribution is 2.32. The molecule has 0 aliphatic carbocycles. The lowest BCUT2D eigenvalue weighted by Gasteiger charge is -2.10. The van der Waals surface area contributed by atoms with Crippen LogP contribution < -0.4 is 10.1 Å². The van der Waals surface area contributed by atoms with Gasteiger partial charge < -0.3 is 10.1 Å². The van der Waals surface area contributed by atoms with Crippen molar-refractivity contribution in [1.82, 2.24) is 5.32 Å². The van der Waals surface area contributed by atoms with Gasteiger partial charge in [-0.05, 0) is 48.9 Å². The van der Waals surface area contributed by atoms with Gasteiger partial charge in [0.05, 0.1) is 5.02 Å². The monoisotopic (exact) mass is 371 g/mol. The van der Waals surface area contributed by atoms with Crippen LogP contribution in [-0.4, -0.2) is 6.54 Å². The van der Waals surface area contributed by atoms with Crippen molar-refractivity contribution >= 4 is 27.5 Å². The van der Waals surface area contributed by atoms with Crippen LogP contribution >= 0.6 is 27.5 Å². The first kappa shape index (κ1) is 16.3. The Morgan fingerprint density at radius 2 is 2.05 bits per heavy atom. The smallest absolute Gasteiger partial charge is 0.146 e. The molecule has 0 fully saturated rings. The van der Waals surface area contributed by atoms with Crippen LogP contribution in [0.4, 0.5) is 4.39 Å². The van der Waals surface area contributed by atoms with Crippen molar-refractivity contribution in [2.24, 2.45) is 0 Å². The third-order valence-electron chi connectivity index (χ3n) is 2.81. The second kappa shape index (κ2) is 7.78. The number of nitrogens with one attached hydrogen (secondary N) is 1. The van der Waals surface area contributed by atoms with E-state index in [0.717, 1.165) is 23.0 Å². The molecular weight excluding hydrogens is 357 g/mol. The summed E-state index contributed by atoms with van der Waals surface area (Å²) in [6, 6.07) is 9.96. The maximum Gasteiger partial charge on any atom is 0.146 e. The standard InChI is InChI=1S/C16H16BrClFNO/c1-2-5-20-10-11-6-13(19)9-14(7-11)21-16-4-3-12(17)8-15(16)18/h3-4,6-9,20H,2,5,10H2,1H3. The van der Waals surface area contributed by atoms with E-state index in [1.807, 2.05) is 12.1 Å². The minimum atomic E-state index is -0.325. The van der Waals surface area contributed by atoms with Gasteiger partial charge in [0.15, 0.2) is 0 Å². The fourth-order valence-corrected chi connectivity index (χ4v) is 2.59. The summed E-state index contributed by atoms with van der Waals surface area (Å²) in [7, 11) is 0. The molecule has 21 heavy (non-hydrogen) atoms. The van der Waals surface area contributed by atoms with Gasteiger partial charge in [-0.1, -0.05) is 34.5 Å². The quantitative estimate of drug-likeness (QED) is 0.673. The lowest BCUT2D eigenvalue weighted by molar-refractivity contribution is 0.475. The van der Waals surface area contributed by atoms with E-state index < -0.39 is 0 Å². The van der Waals surface area contributed by atoms with Gasteiger partial charge in [0.2, 0.25) is 0 Å². The van der Waals surface area contributed by atoms with Crippen molar-refractivity contribution in [2.45, 2.75) is 19.9 Å². The first-order valence-corrected chi connectivity index (χ1v) is 7.88. The summed E-state index contributed by atoms with van der Waals surface area (Å²) in [5, 5.41) is 3.71. The van der Waals surface area contributed by atoms with E-state index >= 15 is 0 Å². The average molecular weight is 373 g/mol. The van der Waals surface area contributed by atoms with Crippen molar-refractivity contribution in [1.29, 1.82) is 0 Å². The van der Waals surface area contributed by atoms with Gasteiger partial charge in [0.25, 0.3) is 0 Å². The Kier molecular flexibility index (Phi) is 6.03. The number of benzene rings is 2. The van der Waals surface area contributed by atoms with Crippen LogP contribution in [0.2, 0.25) is 5.02 Å². The molecule has 2 nitrogen and oxygen atoms in total. The molecule has 1 N–H and O–H groups in total. The molecule has 0 radical (unpaired) electrons. The summed E-state index contributed by atoms with van der Waals surface area (Å²) in [6.45, 7) is 3.59. The van der Waals surface area contributed by atoms with E-state index in [0.29, 0.717) is 23.1 Å². The molecule has 0 saturated heterocycles. The van der Waals surface area contributed by atoms with Gasteiger partial charge in [-0.3, -0.25) is 0 Å². The van der Waals surface area contributed by atoms with Gasteiger partial charge in [0.1, 0.15) is 17.3 Å². The Hall–Kier alpha value is -1.10. The predicted octanol–water partition coefficient (Wildman–Crippen LogP) is 5.53. The van der Waals surface area contributed by atoms with E-state index in [-0.39, 0.29) is 5.82 Å². The van der Waals surface area contributed by atoms with Gasteiger partial charge in [-0.15, -0.1) is 0 Å². The van der Waals surface area contributed by atoms with Crippen LogP contribution in [0.3, 0.4) is 0 Å². The number of hydrogen-bond donors (Lipinski definition) is 1. The molecule has 0 heterocycles. The number of rotatable bonds is 6. The minimum absolute atomic E-state index is 0.325. The van der Waals surface area contributed by atoms with Crippen molar-refractivity contribution in [3.05, 3.63) is 57.3 Å². The summed E-state index contributed by atoms with van der Waals surface area (Å²) >= 11 is 9.43. The number of hydrogen-bond acceptors (Lipinski definition) is 2. The minimum Gasteiger partial charge on any atom is -0.456 e. The van der Waals surface area contributed by atoms with E-state index in [1.54, 1.807) is 12.1 Å². The molecule has 5 heteroatoms. The topological polar surface area (TPSA) is 21.3 Å². The summed E-state index contributed by atoms with van der Waals surface area (Å²) < 4.78 is 20.2. The van der Waals surface area contributed by atoms with E-state index in [4.69, 9.17) is 16.3 Å². The Bertz CT molecular complexity index is 621. The summed E-state index contributed by atoms with van der Waals surface area (Å²) in [6.07, 6.45) is 1.03. The Labute approximate surface area is 137 Å². The molecule has 0 saturated carbocycles. The molecule has 2 aromatic rings. The number of halogens is 3.